The summed E-state index contributed by atoms with van der Waals surface area (Å²) < 4.78 is 17.9. The van der Waals surface area contributed by atoms with Crippen LogP contribution in [0.5, 0.6) is 0 Å². The van der Waals surface area contributed by atoms with Crippen LogP contribution in [-0.4, -0.2) is 39.1 Å². The van der Waals surface area contributed by atoms with Gasteiger partial charge in [0.15, 0.2) is 0 Å². The van der Waals surface area contributed by atoms with Gasteiger partial charge in [-0.05, 0) is 19.8 Å². The summed E-state index contributed by atoms with van der Waals surface area (Å²) >= 11 is 0. The Bertz CT molecular complexity index is 513. The number of nitriles is 1. The lowest BCUT2D eigenvalue weighted by molar-refractivity contribution is -0.0650. The van der Waals surface area contributed by atoms with Crippen LogP contribution in [0.15, 0.2) is 0 Å². The van der Waals surface area contributed by atoms with Gasteiger partial charge in [-0.2, -0.15) is 5.26 Å². The van der Waals surface area contributed by atoms with Gasteiger partial charge in [-0.1, -0.05) is 181 Å². The molecule has 0 saturated carbocycles. The Morgan fingerprint density at radius 3 is 0.977 bits per heavy atom. The van der Waals surface area contributed by atoms with Crippen LogP contribution in [0.2, 0.25) is 0 Å². The van der Waals surface area contributed by atoms with E-state index in [1.165, 1.54) is 167 Å². The van der Waals surface area contributed by atoms with E-state index in [-0.39, 0.29) is 12.0 Å². The second kappa shape index (κ2) is 37.6. The maximum Gasteiger partial charge on any atom is 0.104 e. The highest BCUT2D eigenvalue weighted by atomic mass is 16.6. The molecule has 43 heavy (non-hydrogen) atoms. The van der Waals surface area contributed by atoms with E-state index in [9.17, 15) is 0 Å². The van der Waals surface area contributed by atoms with E-state index >= 15 is 0 Å². The Balaban J connectivity index is 3.63. The van der Waals surface area contributed by atoms with Crippen molar-refractivity contribution in [3.8, 4) is 6.07 Å². The maximum atomic E-state index is 9.10. The van der Waals surface area contributed by atoms with Gasteiger partial charge in [-0.3, -0.25) is 0 Å². The van der Waals surface area contributed by atoms with E-state index < -0.39 is 0 Å². The van der Waals surface area contributed by atoms with E-state index in [4.69, 9.17) is 19.5 Å². The van der Waals surface area contributed by atoms with Crippen molar-refractivity contribution in [3.05, 3.63) is 0 Å². The van der Waals surface area contributed by atoms with Crippen LogP contribution in [0.4, 0.5) is 0 Å². The molecule has 0 aromatic heterocycles. The minimum absolute atomic E-state index is 0.0749. The molecule has 1 unspecified atom stereocenters. The quantitative estimate of drug-likeness (QED) is 0.0659. The van der Waals surface area contributed by atoms with Gasteiger partial charge in [-0.15, -0.1) is 0 Å². The summed E-state index contributed by atoms with van der Waals surface area (Å²) in [5, 5.41) is 9.10. The fourth-order valence-electron chi connectivity index (χ4n) is 5.69. The van der Waals surface area contributed by atoms with Gasteiger partial charge in [0.05, 0.1) is 31.8 Å². The van der Waals surface area contributed by atoms with Crippen LogP contribution in [-0.2, 0) is 14.2 Å². The summed E-state index contributed by atoms with van der Waals surface area (Å²) in [5.41, 5.74) is 0. The molecule has 256 valence electrons. The fourth-order valence-corrected chi connectivity index (χ4v) is 5.69. The first-order valence-electron chi connectivity index (χ1n) is 19.4. The predicted octanol–water partition coefficient (Wildman–Crippen LogP) is 12.5. The highest BCUT2D eigenvalue weighted by Gasteiger charge is 2.12. The molecule has 0 saturated heterocycles. The third kappa shape index (κ3) is 35.7. The van der Waals surface area contributed by atoms with Crippen LogP contribution >= 0.6 is 0 Å². The molecule has 0 rings (SSSR count). The lowest BCUT2D eigenvalue weighted by Gasteiger charge is -2.19. The lowest BCUT2D eigenvalue weighted by Crippen LogP contribution is -2.28. The van der Waals surface area contributed by atoms with Crippen molar-refractivity contribution < 1.29 is 14.2 Å². The highest BCUT2D eigenvalue weighted by Crippen LogP contribution is 2.14. The molecule has 0 amide bonds. The summed E-state index contributed by atoms with van der Waals surface area (Å²) in [6.07, 6.45) is 38.4. The summed E-state index contributed by atoms with van der Waals surface area (Å²) in [4.78, 5) is 0. The molecule has 0 aliphatic rings. The van der Waals surface area contributed by atoms with E-state index in [0.717, 1.165) is 26.1 Å². The van der Waals surface area contributed by atoms with Crippen LogP contribution in [0.1, 0.15) is 201 Å². The first-order chi connectivity index (χ1) is 21.2. The van der Waals surface area contributed by atoms with Gasteiger partial charge in [0, 0.05) is 13.2 Å². The highest BCUT2D eigenvalue weighted by molar-refractivity contribution is 4.78. The number of ether oxygens (including phenoxy) is 3. The second-order valence-electron chi connectivity index (χ2n) is 13.3. The zero-order valence-corrected chi connectivity index (χ0v) is 29.7. The van der Waals surface area contributed by atoms with E-state index in [2.05, 4.69) is 19.9 Å². The van der Waals surface area contributed by atoms with Crippen molar-refractivity contribution >= 4 is 0 Å². The molecule has 0 radical (unpaired) electrons. The SMILES string of the molecule is CCCCCCCCCCCCCCCCOCC(COCCCCCCCCCCCCCCCC)OCC(C)C#N. The third-order valence-electron chi connectivity index (χ3n) is 8.69. The topological polar surface area (TPSA) is 51.5 Å². The number of hydrogen-bond acceptors (Lipinski definition) is 4. The molecule has 0 spiro atoms. The maximum absolute atomic E-state index is 9.10. The summed E-state index contributed by atoms with van der Waals surface area (Å²) in [7, 11) is 0. The molecule has 0 aliphatic carbocycles. The Labute approximate surface area is 270 Å². The minimum atomic E-state index is -0.0981. The summed E-state index contributed by atoms with van der Waals surface area (Å²) in [6.45, 7) is 9.65. The molecule has 0 heterocycles. The molecule has 0 fully saturated rings. The lowest BCUT2D eigenvalue weighted by atomic mass is 10.0. The first-order valence-corrected chi connectivity index (χ1v) is 19.4. The van der Waals surface area contributed by atoms with Gasteiger partial charge < -0.3 is 14.2 Å². The monoisotopic (exact) mass is 608 g/mol. The number of hydrogen-bond donors (Lipinski definition) is 0. The van der Waals surface area contributed by atoms with Crippen LogP contribution in [0, 0.1) is 17.2 Å². The van der Waals surface area contributed by atoms with Crippen molar-refractivity contribution in [2.24, 2.45) is 5.92 Å². The van der Waals surface area contributed by atoms with Gasteiger partial charge in [-0.25, -0.2) is 0 Å². The second-order valence-corrected chi connectivity index (χ2v) is 13.3. The average Bonchev–Trinajstić information content (AvgIpc) is 3.02. The molecule has 4 heteroatoms. The Morgan fingerprint density at radius 2 is 0.698 bits per heavy atom. The molecule has 4 nitrogen and oxygen atoms in total. The predicted molar refractivity (Wildman–Crippen MR) is 187 cm³/mol. The van der Waals surface area contributed by atoms with Gasteiger partial charge in [0.1, 0.15) is 6.10 Å². The van der Waals surface area contributed by atoms with Crippen molar-refractivity contribution in [2.45, 2.75) is 207 Å². The Hall–Kier alpha value is -0.630. The standard InChI is InChI=1S/C39H77NO3/c1-4-6-8-10-12-14-16-18-20-22-24-26-28-30-32-41-36-39(43-35-38(3)34-40)37-42-33-31-29-27-25-23-21-19-17-15-13-11-9-7-5-2/h38-39H,4-33,35-37H2,1-3H3. The zero-order chi connectivity index (χ0) is 31.3. The minimum Gasteiger partial charge on any atom is -0.379 e. The molecular weight excluding hydrogens is 530 g/mol. The smallest absolute Gasteiger partial charge is 0.104 e. The van der Waals surface area contributed by atoms with Gasteiger partial charge in [0.2, 0.25) is 0 Å². The zero-order valence-electron chi connectivity index (χ0n) is 29.7. The first kappa shape index (κ1) is 42.4. The molecular formula is C39H77NO3. The number of nitrogens with zero attached hydrogens (tertiary/aromatic N) is 1. The Morgan fingerprint density at radius 1 is 0.419 bits per heavy atom. The number of unbranched alkanes of at least 4 members (excludes halogenated alkanes) is 26. The molecule has 0 aliphatic heterocycles. The van der Waals surface area contributed by atoms with Gasteiger partial charge in [0.25, 0.3) is 0 Å². The van der Waals surface area contributed by atoms with E-state index in [1.807, 2.05) is 6.92 Å². The molecule has 1 atom stereocenters. The van der Waals surface area contributed by atoms with Crippen LogP contribution < -0.4 is 0 Å². The van der Waals surface area contributed by atoms with E-state index in [1.54, 1.807) is 0 Å². The number of rotatable bonds is 37. The van der Waals surface area contributed by atoms with E-state index in [0.29, 0.717) is 19.8 Å². The van der Waals surface area contributed by atoms with Crippen LogP contribution in [0.25, 0.3) is 0 Å². The van der Waals surface area contributed by atoms with Crippen molar-refractivity contribution in [1.29, 1.82) is 5.26 Å². The van der Waals surface area contributed by atoms with Crippen molar-refractivity contribution in [1.82, 2.24) is 0 Å². The third-order valence-corrected chi connectivity index (χ3v) is 8.69. The summed E-state index contributed by atoms with van der Waals surface area (Å²) in [6, 6.07) is 2.26. The van der Waals surface area contributed by atoms with Crippen molar-refractivity contribution in [3.63, 3.8) is 0 Å². The molecule has 0 bridgehead atoms. The fraction of sp³-hybridized carbons (Fsp3) is 0.974. The molecule has 0 N–H and O–H groups in total. The largest absolute Gasteiger partial charge is 0.379 e. The van der Waals surface area contributed by atoms with Crippen LogP contribution in [0.3, 0.4) is 0 Å². The molecule has 0 aromatic carbocycles. The molecule has 0 aromatic rings. The average molecular weight is 608 g/mol. The normalized spacial score (nSPS) is 12.3. The summed E-state index contributed by atoms with van der Waals surface area (Å²) in [5.74, 6) is -0.0981. The Kier molecular flexibility index (Phi) is 37.0. The van der Waals surface area contributed by atoms with Crippen molar-refractivity contribution in [2.75, 3.05) is 33.0 Å². The van der Waals surface area contributed by atoms with Gasteiger partial charge >= 0.3 is 0 Å².